The number of aryl methyl sites for hydroxylation is 1. The molecule has 2 fully saturated rings. The molecule has 0 bridgehead atoms. The third kappa shape index (κ3) is 3.92. The molecule has 3 rings (SSSR count). The summed E-state index contributed by atoms with van der Waals surface area (Å²) in [5, 5.41) is 0. The van der Waals surface area contributed by atoms with Crippen molar-refractivity contribution in [3.63, 3.8) is 0 Å². The Labute approximate surface area is 160 Å². The molecule has 0 N–H and O–H groups in total. The van der Waals surface area contributed by atoms with Gasteiger partial charge in [0.25, 0.3) is 5.92 Å². The van der Waals surface area contributed by atoms with E-state index in [1.54, 1.807) is 13.0 Å². The van der Waals surface area contributed by atoms with Gasteiger partial charge in [0.2, 0.25) is 10.0 Å². The van der Waals surface area contributed by atoms with Crippen molar-refractivity contribution >= 4 is 22.6 Å². The lowest BCUT2D eigenvalue weighted by Crippen LogP contribution is -2.43. The largest absolute Gasteiger partial charge is 0.494 e. The van der Waals surface area contributed by atoms with Gasteiger partial charge in [0.15, 0.2) is 0 Å². The minimum atomic E-state index is -3.86. The van der Waals surface area contributed by atoms with Gasteiger partial charge in [0.1, 0.15) is 0 Å². The average molecular weight is 401 g/mol. The highest BCUT2D eigenvalue weighted by atomic mass is 32.2. The summed E-state index contributed by atoms with van der Waals surface area (Å²) in [6, 6.07) is 4.90. The minimum Gasteiger partial charge on any atom is -0.399 e. The molecule has 2 aliphatic heterocycles. The Morgan fingerprint density at radius 3 is 2.04 bits per heavy atom. The van der Waals surface area contributed by atoms with Crippen LogP contribution in [0.15, 0.2) is 23.1 Å². The van der Waals surface area contributed by atoms with Crippen LogP contribution in [0.25, 0.3) is 0 Å². The topological polar surface area (TPSA) is 55.8 Å². The minimum absolute atomic E-state index is 0.0810. The number of nitrogens with zero attached hydrogens (tertiary/aromatic N) is 1. The maximum Gasteiger partial charge on any atom is 0.494 e. The van der Waals surface area contributed by atoms with Gasteiger partial charge < -0.3 is 9.31 Å². The van der Waals surface area contributed by atoms with Crippen LogP contribution in [0.2, 0.25) is 0 Å². The van der Waals surface area contributed by atoms with Gasteiger partial charge in [-0.1, -0.05) is 11.6 Å². The summed E-state index contributed by atoms with van der Waals surface area (Å²) in [5.41, 5.74) is 0.260. The van der Waals surface area contributed by atoms with E-state index in [1.807, 2.05) is 33.8 Å². The van der Waals surface area contributed by atoms with Crippen molar-refractivity contribution in [2.24, 2.45) is 0 Å². The summed E-state index contributed by atoms with van der Waals surface area (Å²) in [6.45, 7) is 9.12. The van der Waals surface area contributed by atoms with Crippen LogP contribution in [0.5, 0.6) is 0 Å². The van der Waals surface area contributed by atoms with Crippen LogP contribution in [-0.4, -0.2) is 50.1 Å². The van der Waals surface area contributed by atoms with Crippen molar-refractivity contribution in [3.8, 4) is 0 Å². The maximum atomic E-state index is 13.4. The lowest BCUT2D eigenvalue weighted by Gasteiger charge is -2.32. The highest BCUT2D eigenvalue weighted by molar-refractivity contribution is 7.89. The summed E-state index contributed by atoms with van der Waals surface area (Å²) >= 11 is 0. The summed E-state index contributed by atoms with van der Waals surface area (Å²) < 4.78 is 65.9. The van der Waals surface area contributed by atoms with Gasteiger partial charge in [-0.25, -0.2) is 17.2 Å². The van der Waals surface area contributed by atoms with E-state index in [9.17, 15) is 17.2 Å². The Bertz CT molecular complexity index is 816. The highest BCUT2D eigenvalue weighted by Crippen LogP contribution is 2.37. The van der Waals surface area contributed by atoms with Gasteiger partial charge in [-0.2, -0.15) is 4.31 Å². The van der Waals surface area contributed by atoms with E-state index in [0.717, 1.165) is 9.87 Å². The Kier molecular flexibility index (Phi) is 4.99. The third-order valence-corrected chi connectivity index (χ3v) is 7.57. The van der Waals surface area contributed by atoms with Crippen LogP contribution < -0.4 is 5.46 Å². The molecule has 150 valence electrons. The van der Waals surface area contributed by atoms with E-state index in [1.165, 1.54) is 6.07 Å². The molecule has 27 heavy (non-hydrogen) atoms. The van der Waals surface area contributed by atoms with E-state index in [2.05, 4.69) is 0 Å². The Morgan fingerprint density at radius 1 is 1.00 bits per heavy atom. The summed E-state index contributed by atoms with van der Waals surface area (Å²) in [6.07, 6.45) is -0.912. The monoisotopic (exact) mass is 401 g/mol. The molecule has 0 amide bonds. The van der Waals surface area contributed by atoms with Crippen LogP contribution in [0.4, 0.5) is 8.78 Å². The zero-order valence-electron chi connectivity index (χ0n) is 16.4. The Balaban J connectivity index is 1.90. The smallest absolute Gasteiger partial charge is 0.399 e. The van der Waals surface area contributed by atoms with Crippen molar-refractivity contribution in [3.05, 3.63) is 23.8 Å². The van der Waals surface area contributed by atoms with Crippen molar-refractivity contribution in [1.29, 1.82) is 0 Å². The van der Waals surface area contributed by atoms with Crippen LogP contribution in [0.3, 0.4) is 0 Å². The zero-order valence-corrected chi connectivity index (χ0v) is 17.2. The van der Waals surface area contributed by atoms with E-state index in [0.29, 0.717) is 5.46 Å². The lowest BCUT2D eigenvalue weighted by molar-refractivity contribution is -0.0412. The molecule has 5 nitrogen and oxygen atoms in total. The van der Waals surface area contributed by atoms with E-state index in [-0.39, 0.29) is 18.0 Å². The fourth-order valence-electron chi connectivity index (χ4n) is 3.24. The molecule has 9 heteroatoms. The predicted octanol–water partition coefficient (Wildman–Crippen LogP) is 2.71. The molecule has 1 aromatic rings. The van der Waals surface area contributed by atoms with Gasteiger partial charge in [-0.15, -0.1) is 0 Å². The molecule has 0 saturated carbocycles. The molecular formula is C18H26BF2NO4S. The van der Waals surface area contributed by atoms with E-state index >= 15 is 0 Å². The van der Waals surface area contributed by atoms with Gasteiger partial charge >= 0.3 is 7.12 Å². The van der Waals surface area contributed by atoms with Crippen molar-refractivity contribution in [1.82, 2.24) is 4.31 Å². The van der Waals surface area contributed by atoms with E-state index in [4.69, 9.17) is 9.31 Å². The molecule has 2 saturated heterocycles. The second kappa shape index (κ2) is 6.51. The number of hydrogen-bond donors (Lipinski definition) is 0. The number of alkyl halides is 2. The molecule has 2 aliphatic rings. The first-order valence-electron chi connectivity index (χ1n) is 9.09. The van der Waals surface area contributed by atoms with Crippen LogP contribution in [0.1, 0.15) is 46.1 Å². The Morgan fingerprint density at radius 2 is 1.52 bits per heavy atom. The molecular weight excluding hydrogens is 375 g/mol. The molecule has 0 spiro atoms. The lowest BCUT2D eigenvalue weighted by atomic mass is 9.78. The molecule has 0 unspecified atom stereocenters. The van der Waals surface area contributed by atoms with Crippen LogP contribution in [-0.2, 0) is 19.3 Å². The van der Waals surface area contributed by atoms with Crippen LogP contribution in [0, 0.1) is 6.92 Å². The van der Waals surface area contributed by atoms with Gasteiger partial charge in [0.05, 0.1) is 16.1 Å². The standard InChI is InChI=1S/C18H26BF2NO4S/c1-13-10-14(19-25-16(2,3)17(4,5)26-19)12-15(11-13)27(23,24)22-8-6-18(20,21)7-9-22/h10-12H,6-9H2,1-5H3. The first-order valence-corrected chi connectivity index (χ1v) is 10.5. The second-order valence-electron chi connectivity index (χ2n) is 8.43. The number of hydrogen-bond acceptors (Lipinski definition) is 4. The van der Waals surface area contributed by atoms with Gasteiger partial charge in [-0.05, 0) is 52.2 Å². The van der Waals surface area contributed by atoms with Crippen molar-refractivity contribution in [2.75, 3.05) is 13.1 Å². The van der Waals surface area contributed by atoms with Gasteiger partial charge in [-0.3, -0.25) is 0 Å². The highest BCUT2D eigenvalue weighted by Gasteiger charge is 2.52. The molecule has 0 radical (unpaired) electrons. The van der Waals surface area contributed by atoms with E-state index < -0.39 is 47.1 Å². The Hall–Kier alpha value is -1.03. The van der Waals surface area contributed by atoms with Crippen molar-refractivity contribution in [2.45, 2.75) is 69.5 Å². The first kappa shape index (κ1) is 20.7. The molecule has 0 aromatic heterocycles. The van der Waals surface area contributed by atoms with Gasteiger partial charge in [0, 0.05) is 25.9 Å². The molecule has 2 heterocycles. The number of halogens is 2. The summed E-state index contributed by atoms with van der Waals surface area (Å²) in [4.78, 5) is 0.0810. The van der Waals surface area contributed by atoms with Crippen molar-refractivity contribution < 1.29 is 26.5 Å². The molecule has 0 aliphatic carbocycles. The second-order valence-corrected chi connectivity index (χ2v) is 10.4. The van der Waals surface area contributed by atoms with Crippen LogP contribution >= 0.6 is 0 Å². The number of benzene rings is 1. The normalized spacial score (nSPS) is 24.9. The SMILES string of the molecule is Cc1cc(B2OC(C)(C)C(C)(C)O2)cc(S(=O)(=O)N2CCC(F)(F)CC2)c1. The first-order chi connectivity index (χ1) is 12.2. The fourth-order valence-corrected chi connectivity index (χ4v) is 4.82. The zero-order chi connectivity index (χ0) is 20.3. The predicted molar refractivity (Wildman–Crippen MR) is 99.8 cm³/mol. The summed E-state index contributed by atoms with van der Waals surface area (Å²) in [5.74, 6) is -2.80. The molecule has 1 aromatic carbocycles. The third-order valence-electron chi connectivity index (χ3n) is 5.69. The quantitative estimate of drug-likeness (QED) is 0.731. The summed E-state index contributed by atoms with van der Waals surface area (Å²) in [7, 11) is -4.54. The molecule has 0 atom stereocenters. The number of rotatable bonds is 3. The number of piperidine rings is 1. The average Bonchev–Trinajstić information content (AvgIpc) is 2.74. The fraction of sp³-hybridized carbons (Fsp3) is 0.667. The maximum absolute atomic E-state index is 13.4. The number of sulfonamides is 1.